The van der Waals surface area contributed by atoms with Crippen LogP contribution in [-0.2, 0) is 0 Å². The summed E-state index contributed by atoms with van der Waals surface area (Å²) in [7, 11) is 0. The lowest BCUT2D eigenvalue weighted by Gasteiger charge is -2.08. The van der Waals surface area contributed by atoms with Crippen molar-refractivity contribution < 1.29 is 9.13 Å². The van der Waals surface area contributed by atoms with Gasteiger partial charge in [-0.1, -0.05) is 12.2 Å². The van der Waals surface area contributed by atoms with Crippen LogP contribution in [0, 0.1) is 12.7 Å². The van der Waals surface area contributed by atoms with E-state index in [0.29, 0.717) is 11.6 Å². The summed E-state index contributed by atoms with van der Waals surface area (Å²) in [5.74, 6) is 0.495. The van der Waals surface area contributed by atoms with E-state index >= 15 is 0 Å². The Morgan fingerprint density at radius 1 is 1.44 bits per heavy atom. The zero-order valence-electron chi connectivity index (χ0n) is 9.33. The lowest BCUT2D eigenvalue weighted by Crippen LogP contribution is -2.08. The SMILES string of the molecule is Cc1cc(F)ccc1OCCCCC(N)=S. The molecule has 16 heavy (non-hydrogen) atoms. The normalized spacial score (nSPS) is 10.1. The molecule has 88 valence electrons. The fourth-order valence-electron chi connectivity index (χ4n) is 1.36. The maximum Gasteiger partial charge on any atom is 0.123 e. The first-order valence-electron chi connectivity index (χ1n) is 5.27. The topological polar surface area (TPSA) is 35.2 Å². The van der Waals surface area contributed by atoms with Gasteiger partial charge < -0.3 is 10.5 Å². The maximum absolute atomic E-state index is 12.8. The summed E-state index contributed by atoms with van der Waals surface area (Å²) in [6.07, 6.45) is 2.57. The minimum Gasteiger partial charge on any atom is -0.493 e. The highest BCUT2D eigenvalue weighted by Gasteiger charge is 2.00. The van der Waals surface area contributed by atoms with Crippen LogP contribution in [0.1, 0.15) is 24.8 Å². The van der Waals surface area contributed by atoms with Gasteiger partial charge in [-0.25, -0.2) is 4.39 Å². The summed E-state index contributed by atoms with van der Waals surface area (Å²) in [5.41, 5.74) is 6.19. The van der Waals surface area contributed by atoms with Crippen molar-refractivity contribution in [3.63, 3.8) is 0 Å². The Labute approximate surface area is 101 Å². The summed E-state index contributed by atoms with van der Waals surface area (Å²) in [6, 6.07) is 4.51. The van der Waals surface area contributed by atoms with Crippen molar-refractivity contribution in [3.05, 3.63) is 29.6 Å². The van der Waals surface area contributed by atoms with Crippen molar-refractivity contribution in [2.24, 2.45) is 5.73 Å². The largest absolute Gasteiger partial charge is 0.493 e. The number of ether oxygens (including phenoxy) is 1. The molecule has 0 aliphatic heterocycles. The number of thiocarbonyl (C=S) groups is 1. The zero-order valence-corrected chi connectivity index (χ0v) is 10.1. The van der Waals surface area contributed by atoms with E-state index in [0.717, 1.165) is 30.6 Å². The lowest BCUT2D eigenvalue weighted by atomic mass is 10.2. The van der Waals surface area contributed by atoms with Crippen LogP contribution < -0.4 is 10.5 Å². The number of hydrogen-bond acceptors (Lipinski definition) is 2. The van der Waals surface area contributed by atoms with E-state index in [9.17, 15) is 4.39 Å². The fourth-order valence-corrected chi connectivity index (χ4v) is 1.50. The van der Waals surface area contributed by atoms with Crippen LogP contribution in [-0.4, -0.2) is 11.6 Å². The van der Waals surface area contributed by atoms with Gasteiger partial charge in [0, 0.05) is 0 Å². The van der Waals surface area contributed by atoms with Crippen LogP contribution in [0.15, 0.2) is 18.2 Å². The van der Waals surface area contributed by atoms with Crippen LogP contribution in [0.2, 0.25) is 0 Å². The molecule has 1 rings (SSSR count). The Kier molecular flexibility index (Phi) is 5.19. The van der Waals surface area contributed by atoms with Gasteiger partial charge in [0.05, 0.1) is 11.6 Å². The van der Waals surface area contributed by atoms with Crippen molar-refractivity contribution in [1.82, 2.24) is 0 Å². The Balaban J connectivity index is 2.29. The van der Waals surface area contributed by atoms with Gasteiger partial charge in [0.25, 0.3) is 0 Å². The van der Waals surface area contributed by atoms with Gasteiger partial charge in [0.1, 0.15) is 11.6 Å². The number of halogens is 1. The quantitative estimate of drug-likeness (QED) is 0.614. The van der Waals surface area contributed by atoms with Gasteiger partial charge in [-0.05, 0) is 49.9 Å². The standard InChI is InChI=1S/C12H16FNOS/c1-9-8-10(13)5-6-11(9)15-7-3-2-4-12(14)16/h5-6,8H,2-4,7H2,1H3,(H2,14,16). The molecule has 0 fully saturated rings. The molecule has 0 saturated carbocycles. The first-order chi connectivity index (χ1) is 7.59. The van der Waals surface area contributed by atoms with E-state index in [1.54, 1.807) is 6.07 Å². The van der Waals surface area contributed by atoms with Crippen LogP contribution in [0.25, 0.3) is 0 Å². The van der Waals surface area contributed by atoms with Crippen LogP contribution in [0.5, 0.6) is 5.75 Å². The number of aryl methyl sites for hydroxylation is 1. The third kappa shape index (κ3) is 4.57. The van der Waals surface area contributed by atoms with Crippen molar-refractivity contribution in [3.8, 4) is 5.75 Å². The molecule has 0 amide bonds. The average molecular weight is 241 g/mol. The molecule has 1 aromatic rings. The minimum absolute atomic E-state index is 0.238. The molecule has 1 aromatic carbocycles. The van der Waals surface area contributed by atoms with E-state index in [1.165, 1.54) is 12.1 Å². The van der Waals surface area contributed by atoms with Crippen LogP contribution in [0.3, 0.4) is 0 Å². The molecule has 0 aliphatic rings. The first-order valence-corrected chi connectivity index (χ1v) is 5.67. The van der Waals surface area contributed by atoms with E-state index in [-0.39, 0.29) is 5.82 Å². The Morgan fingerprint density at radius 2 is 2.19 bits per heavy atom. The highest BCUT2D eigenvalue weighted by atomic mass is 32.1. The molecule has 0 radical (unpaired) electrons. The van der Waals surface area contributed by atoms with Gasteiger partial charge >= 0.3 is 0 Å². The minimum atomic E-state index is -0.238. The maximum atomic E-state index is 12.8. The summed E-state index contributed by atoms with van der Waals surface area (Å²) >= 11 is 4.77. The number of nitrogens with two attached hydrogens (primary N) is 1. The molecular weight excluding hydrogens is 225 g/mol. The molecule has 0 atom stereocenters. The smallest absolute Gasteiger partial charge is 0.123 e. The predicted molar refractivity (Wildman–Crippen MR) is 67.3 cm³/mol. The Bertz CT molecular complexity index is 368. The van der Waals surface area contributed by atoms with Crippen LogP contribution >= 0.6 is 12.2 Å². The van der Waals surface area contributed by atoms with Gasteiger partial charge in [0.15, 0.2) is 0 Å². The summed E-state index contributed by atoms with van der Waals surface area (Å²) < 4.78 is 18.3. The molecule has 0 spiro atoms. The van der Waals surface area contributed by atoms with Crippen LogP contribution in [0.4, 0.5) is 4.39 Å². The summed E-state index contributed by atoms with van der Waals surface area (Å²) in [6.45, 7) is 2.43. The molecule has 0 heterocycles. The Hall–Kier alpha value is -1.16. The van der Waals surface area contributed by atoms with Crippen molar-refractivity contribution in [1.29, 1.82) is 0 Å². The van der Waals surface area contributed by atoms with Gasteiger partial charge in [-0.2, -0.15) is 0 Å². The van der Waals surface area contributed by atoms with E-state index in [2.05, 4.69) is 0 Å². The molecule has 0 saturated heterocycles. The summed E-state index contributed by atoms with van der Waals surface area (Å²) in [4.78, 5) is 0.540. The molecular formula is C12H16FNOS. The third-order valence-corrected chi connectivity index (χ3v) is 2.42. The number of unbranched alkanes of at least 4 members (excludes halogenated alkanes) is 1. The molecule has 2 N–H and O–H groups in total. The molecule has 0 bridgehead atoms. The van der Waals surface area contributed by atoms with Gasteiger partial charge in [-0.3, -0.25) is 0 Å². The Morgan fingerprint density at radius 3 is 2.81 bits per heavy atom. The van der Waals surface area contributed by atoms with E-state index < -0.39 is 0 Å². The molecule has 4 heteroatoms. The van der Waals surface area contributed by atoms with E-state index in [4.69, 9.17) is 22.7 Å². The number of benzene rings is 1. The second kappa shape index (κ2) is 6.43. The van der Waals surface area contributed by atoms with Crippen molar-refractivity contribution in [2.75, 3.05) is 6.61 Å². The third-order valence-electron chi connectivity index (χ3n) is 2.21. The highest BCUT2D eigenvalue weighted by molar-refractivity contribution is 7.80. The van der Waals surface area contributed by atoms with Crippen molar-refractivity contribution >= 4 is 17.2 Å². The van der Waals surface area contributed by atoms with Gasteiger partial charge in [-0.15, -0.1) is 0 Å². The lowest BCUT2D eigenvalue weighted by molar-refractivity contribution is 0.305. The van der Waals surface area contributed by atoms with E-state index in [1.807, 2.05) is 6.92 Å². The second-order valence-corrected chi connectivity index (χ2v) is 4.21. The first kappa shape index (κ1) is 12.9. The molecule has 0 aromatic heterocycles. The molecule has 0 aliphatic carbocycles. The second-order valence-electron chi connectivity index (χ2n) is 3.68. The van der Waals surface area contributed by atoms with Crippen molar-refractivity contribution in [2.45, 2.75) is 26.2 Å². The highest BCUT2D eigenvalue weighted by Crippen LogP contribution is 2.18. The predicted octanol–water partition coefficient (Wildman–Crippen LogP) is 2.97. The summed E-state index contributed by atoms with van der Waals surface area (Å²) in [5, 5.41) is 0. The number of hydrogen-bond donors (Lipinski definition) is 1. The van der Waals surface area contributed by atoms with Gasteiger partial charge in [0.2, 0.25) is 0 Å². The molecule has 2 nitrogen and oxygen atoms in total. The molecule has 0 unspecified atom stereocenters. The fraction of sp³-hybridized carbons (Fsp3) is 0.417. The average Bonchev–Trinajstić information content (AvgIpc) is 2.20. The number of rotatable bonds is 6. The monoisotopic (exact) mass is 241 g/mol. The zero-order chi connectivity index (χ0) is 12.0.